The molecule has 4 nitrogen and oxygen atoms in total. The van der Waals surface area contributed by atoms with Gasteiger partial charge in [-0.05, 0) is 0 Å². The quantitative estimate of drug-likeness (QED) is 0.228. The molecule has 4 heteroatoms. The van der Waals surface area contributed by atoms with Gasteiger partial charge < -0.3 is 10.4 Å². The van der Waals surface area contributed by atoms with Crippen LogP contribution in [0, 0.1) is 0 Å². The molecule has 0 rings (SSSR count). The molecule has 0 aliphatic rings. The van der Waals surface area contributed by atoms with E-state index in [4.69, 9.17) is 5.11 Å². The molecule has 0 heterocycles. The minimum atomic E-state index is -0.0411. The summed E-state index contributed by atoms with van der Waals surface area (Å²) in [6.07, 6.45) is 0.624. The summed E-state index contributed by atoms with van der Waals surface area (Å²) >= 11 is 0. The first-order valence-electron chi connectivity index (χ1n) is 2.40. The van der Waals surface area contributed by atoms with Crippen molar-refractivity contribution >= 4 is 6.41 Å². The van der Waals surface area contributed by atoms with Gasteiger partial charge in [-0.3, -0.25) is 10.1 Å². The summed E-state index contributed by atoms with van der Waals surface area (Å²) in [6, 6.07) is 0. The molecular weight excluding hydrogens is 108 g/mol. The average Bonchev–Trinajstić information content (AvgIpc) is 1.81. The zero-order valence-corrected chi connectivity index (χ0v) is 4.55. The molecule has 0 atom stereocenters. The van der Waals surface area contributed by atoms with Crippen LogP contribution in [0.25, 0.3) is 0 Å². The summed E-state index contributed by atoms with van der Waals surface area (Å²) in [5.41, 5.74) is 0. The minimum absolute atomic E-state index is 0.0411. The zero-order chi connectivity index (χ0) is 6.24. The van der Waals surface area contributed by atoms with Crippen molar-refractivity contribution in [3.05, 3.63) is 0 Å². The zero-order valence-electron chi connectivity index (χ0n) is 4.55. The van der Waals surface area contributed by atoms with E-state index in [1.54, 1.807) is 0 Å². The number of carbonyl (C=O) groups excluding carboxylic acids is 1. The average molecular weight is 118 g/mol. The summed E-state index contributed by atoms with van der Waals surface area (Å²) in [4.78, 5) is 9.57. The molecule has 0 aromatic rings. The third-order valence-electron chi connectivity index (χ3n) is 0.641. The van der Waals surface area contributed by atoms with Gasteiger partial charge in [0.1, 0.15) is 0 Å². The highest BCUT2D eigenvalue weighted by Gasteiger charge is 1.78. The highest BCUT2D eigenvalue weighted by Crippen LogP contribution is 1.50. The normalized spacial score (nSPS) is 8.62. The summed E-state index contributed by atoms with van der Waals surface area (Å²) in [6.45, 7) is 1.12. The standard InChI is InChI=1S/C4H10N2O2/c7-3-5-1-2-6-4-8/h3,6,8H,1-2,4H2,(H,5,7). The lowest BCUT2D eigenvalue weighted by Gasteiger charge is -1.96. The molecule has 0 saturated heterocycles. The van der Waals surface area contributed by atoms with E-state index in [0.29, 0.717) is 19.5 Å². The monoisotopic (exact) mass is 118 g/mol. The Bertz CT molecular complexity index is 58.0. The van der Waals surface area contributed by atoms with Crippen molar-refractivity contribution in [3.63, 3.8) is 0 Å². The SMILES string of the molecule is O=CNCCNCO. The number of hydrogen-bond acceptors (Lipinski definition) is 3. The fourth-order valence-electron chi connectivity index (χ4n) is 0.299. The number of amides is 1. The lowest BCUT2D eigenvalue weighted by molar-refractivity contribution is -0.109. The van der Waals surface area contributed by atoms with Crippen LogP contribution in [0.5, 0.6) is 0 Å². The van der Waals surface area contributed by atoms with Crippen LogP contribution in [0.1, 0.15) is 0 Å². The smallest absolute Gasteiger partial charge is 0.207 e. The Hall–Kier alpha value is -0.610. The predicted octanol–water partition coefficient (Wildman–Crippen LogP) is -1.73. The van der Waals surface area contributed by atoms with Crippen LogP contribution < -0.4 is 10.6 Å². The highest BCUT2D eigenvalue weighted by atomic mass is 16.3. The van der Waals surface area contributed by atoms with Crippen LogP contribution in [0.3, 0.4) is 0 Å². The molecule has 0 spiro atoms. The molecule has 0 saturated carbocycles. The summed E-state index contributed by atoms with van der Waals surface area (Å²) in [5, 5.41) is 13.2. The molecule has 0 aromatic carbocycles. The molecule has 48 valence electrons. The third kappa shape index (κ3) is 5.39. The van der Waals surface area contributed by atoms with E-state index >= 15 is 0 Å². The Kier molecular flexibility index (Phi) is 5.90. The van der Waals surface area contributed by atoms with E-state index in [9.17, 15) is 4.79 Å². The first kappa shape index (κ1) is 7.39. The van der Waals surface area contributed by atoms with Crippen LogP contribution in [-0.2, 0) is 4.79 Å². The summed E-state index contributed by atoms with van der Waals surface area (Å²) in [7, 11) is 0. The third-order valence-corrected chi connectivity index (χ3v) is 0.641. The summed E-state index contributed by atoms with van der Waals surface area (Å²) < 4.78 is 0. The number of carbonyl (C=O) groups is 1. The van der Waals surface area contributed by atoms with Gasteiger partial charge in [0.05, 0.1) is 6.73 Å². The Morgan fingerprint density at radius 3 is 2.75 bits per heavy atom. The maximum absolute atomic E-state index is 9.57. The molecule has 0 aliphatic heterocycles. The van der Waals surface area contributed by atoms with Gasteiger partial charge in [-0.2, -0.15) is 0 Å². The van der Waals surface area contributed by atoms with Crippen molar-refractivity contribution < 1.29 is 9.90 Å². The van der Waals surface area contributed by atoms with Gasteiger partial charge >= 0.3 is 0 Å². The van der Waals surface area contributed by atoms with Crippen molar-refractivity contribution in [2.75, 3.05) is 19.8 Å². The summed E-state index contributed by atoms with van der Waals surface area (Å²) in [5.74, 6) is 0. The fourth-order valence-corrected chi connectivity index (χ4v) is 0.299. The van der Waals surface area contributed by atoms with Gasteiger partial charge in [0, 0.05) is 13.1 Å². The molecule has 0 aliphatic carbocycles. The molecule has 0 unspecified atom stereocenters. The first-order chi connectivity index (χ1) is 3.91. The second kappa shape index (κ2) is 6.39. The van der Waals surface area contributed by atoms with Gasteiger partial charge in [0.15, 0.2) is 0 Å². The van der Waals surface area contributed by atoms with Crippen LogP contribution in [0.15, 0.2) is 0 Å². The Balaban J connectivity index is 2.62. The number of aliphatic hydroxyl groups is 1. The van der Waals surface area contributed by atoms with Crippen molar-refractivity contribution in [2.45, 2.75) is 0 Å². The van der Waals surface area contributed by atoms with E-state index in [1.165, 1.54) is 0 Å². The Labute approximate surface area is 47.9 Å². The number of rotatable bonds is 5. The largest absolute Gasteiger partial charge is 0.381 e. The topological polar surface area (TPSA) is 61.4 Å². The molecule has 0 aromatic heterocycles. The van der Waals surface area contributed by atoms with E-state index in [1.807, 2.05) is 0 Å². The van der Waals surface area contributed by atoms with E-state index in [-0.39, 0.29) is 6.73 Å². The second-order valence-corrected chi connectivity index (χ2v) is 1.23. The molecular formula is C4H10N2O2. The molecule has 0 radical (unpaired) electrons. The lowest BCUT2D eigenvalue weighted by atomic mass is 10.6. The Morgan fingerprint density at radius 2 is 2.25 bits per heavy atom. The molecule has 3 N–H and O–H groups in total. The molecule has 0 bridgehead atoms. The Morgan fingerprint density at radius 1 is 1.50 bits per heavy atom. The van der Waals surface area contributed by atoms with Crippen molar-refractivity contribution in [2.24, 2.45) is 0 Å². The number of hydrogen-bond donors (Lipinski definition) is 3. The van der Waals surface area contributed by atoms with Crippen molar-refractivity contribution in [1.82, 2.24) is 10.6 Å². The van der Waals surface area contributed by atoms with E-state index < -0.39 is 0 Å². The minimum Gasteiger partial charge on any atom is -0.381 e. The van der Waals surface area contributed by atoms with Crippen molar-refractivity contribution in [1.29, 1.82) is 0 Å². The maximum atomic E-state index is 9.57. The molecule has 8 heavy (non-hydrogen) atoms. The lowest BCUT2D eigenvalue weighted by Crippen LogP contribution is -2.26. The number of aliphatic hydroxyl groups excluding tert-OH is 1. The maximum Gasteiger partial charge on any atom is 0.207 e. The van der Waals surface area contributed by atoms with E-state index in [2.05, 4.69) is 10.6 Å². The van der Waals surface area contributed by atoms with Gasteiger partial charge in [-0.1, -0.05) is 0 Å². The molecule has 1 amide bonds. The molecule has 0 fully saturated rings. The van der Waals surface area contributed by atoms with Gasteiger partial charge in [-0.25, -0.2) is 0 Å². The van der Waals surface area contributed by atoms with E-state index in [0.717, 1.165) is 0 Å². The first-order valence-corrected chi connectivity index (χ1v) is 2.40. The predicted molar refractivity (Wildman–Crippen MR) is 29.2 cm³/mol. The van der Waals surface area contributed by atoms with Gasteiger partial charge in [0.2, 0.25) is 6.41 Å². The van der Waals surface area contributed by atoms with Crippen LogP contribution >= 0.6 is 0 Å². The number of nitrogens with one attached hydrogen (secondary N) is 2. The van der Waals surface area contributed by atoms with Crippen LogP contribution in [0.2, 0.25) is 0 Å². The van der Waals surface area contributed by atoms with Crippen molar-refractivity contribution in [3.8, 4) is 0 Å². The fraction of sp³-hybridized carbons (Fsp3) is 0.750. The second-order valence-electron chi connectivity index (χ2n) is 1.23. The van der Waals surface area contributed by atoms with Gasteiger partial charge in [0.25, 0.3) is 0 Å². The van der Waals surface area contributed by atoms with Crippen LogP contribution in [-0.4, -0.2) is 31.3 Å². The van der Waals surface area contributed by atoms with Gasteiger partial charge in [-0.15, -0.1) is 0 Å². The van der Waals surface area contributed by atoms with Crippen LogP contribution in [0.4, 0.5) is 0 Å². The highest BCUT2D eigenvalue weighted by molar-refractivity contribution is 5.45.